The molecule has 2 N–H and O–H groups in total. The molecule has 0 atom stereocenters. The van der Waals surface area contributed by atoms with E-state index in [1.807, 2.05) is 11.0 Å². The van der Waals surface area contributed by atoms with E-state index in [9.17, 15) is 0 Å². The number of nitrogens with one attached hydrogen (secondary N) is 2. The highest BCUT2D eigenvalue weighted by Crippen LogP contribution is 2.16. The summed E-state index contributed by atoms with van der Waals surface area (Å²) in [5, 5.41) is 0. The molecule has 2 aromatic carbocycles. The van der Waals surface area contributed by atoms with E-state index in [1.54, 1.807) is 22.7 Å². The summed E-state index contributed by atoms with van der Waals surface area (Å²) < 4.78 is 36.8. The van der Waals surface area contributed by atoms with Gasteiger partial charge in [-0.3, -0.25) is 8.42 Å². The van der Waals surface area contributed by atoms with Crippen LogP contribution >= 0.6 is 22.7 Å². The summed E-state index contributed by atoms with van der Waals surface area (Å²) in [5.41, 5.74) is 9.12. The molecule has 0 fully saturated rings. The highest BCUT2D eigenvalue weighted by molar-refractivity contribution is 7.79. The third-order valence-corrected chi connectivity index (χ3v) is 4.73. The Morgan fingerprint density at radius 1 is 0.800 bits per heavy atom. The van der Waals surface area contributed by atoms with Crippen LogP contribution in [0, 0.1) is 13.8 Å². The Bertz CT molecular complexity index is 991. The van der Waals surface area contributed by atoms with Crippen molar-refractivity contribution in [2.45, 2.75) is 13.8 Å². The van der Waals surface area contributed by atoms with E-state index in [2.05, 4.69) is 60.2 Å². The Balaban J connectivity index is 0.000000144. The maximum absolute atomic E-state index is 8.52. The van der Waals surface area contributed by atoms with Gasteiger partial charge in [0.1, 0.15) is 9.40 Å². The highest BCUT2D eigenvalue weighted by Gasteiger charge is 2.00. The van der Waals surface area contributed by atoms with E-state index in [0.717, 1.165) is 0 Å². The average molecular weight is 397 g/mol. The number of aryl methyl sites for hydroxylation is 2. The van der Waals surface area contributed by atoms with Gasteiger partial charge in [0, 0.05) is 22.5 Å². The fourth-order valence-corrected chi connectivity index (χ4v) is 3.65. The third-order valence-electron chi connectivity index (χ3n) is 3.07. The van der Waals surface area contributed by atoms with Gasteiger partial charge in [-0.2, -0.15) is 0 Å². The molecule has 9 heteroatoms. The van der Waals surface area contributed by atoms with Crippen molar-refractivity contribution in [2.75, 3.05) is 0 Å². The summed E-state index contributed by atoms with van der Waals surface area (Å²) >= 11 is 3.49. The average Bonchev–Trinajstić information content (AvgIpc) is 3.13. The molecule has 0 amide bonds. The number of fused-ring (bicyclic) bond motifs is 2. The van der Waals surface area contributed by atoms with Crippen LogP contribution in [0.4, 0.5) is 0 Å². The Morgan fingerprint density at radius 2 is 1.16 bits per heavy atom. The number of H-pyrrole nitrogens is 2. The maximum atomic E-state index is 8.52. The fraction of sp³-hybridized carbons (Fsp3) is 0.125. The number of rotatable bonds is 0. The van der Waals surface area contributed by atoms with Gasteiger partial charge in [0.05, 0.1) is 0 Å². The Hall–Kier alpha value is -1.91. The molecule has 0 spiro atoms. The van der Waals surface area contributed by atoms with Crippen LogP contribution in [-0.4, -0.2) is 17.5 Å². The zero-order valence-electron chi connectivity index (χ0n) is 13.5. The van der Waals surface area contributed by atoms with Crippen LogP contribution in [0.1, 0.15) is 11.1 Å². The van der Waals surface area contributed by atoms with Crippen molar-refractivity contribution in [3.05, 3.63) is 58.5 Å². The molecule has 0 bridgehead atoms. The Morgan fingerprint density at radius 3 is 1.52 bits per heavy atom. The minimum Gasteiger partial charge on any atom is -0.759 e. The molecule has 0 saturated carbocycles. The number of hydrogen-bond acceptors (Lipinski definition) is 6. The van der Waals surface area contributed by atoms with Crippen molar-refractivity contribution >= 4 is 53.5 Å². The summed E-state index contributed by atoms with van der Waals surface area (Å²) in [5.74, 6) is 0. The molecule has 6 nitrogen and oxygen atoms in total. The lowest BCUT2D eigenvalue weighted by Gasteiger charge is -2.06. The van der Waals surface area contributed by atoms with E-state index < -0.39 is 10.4 Å². The summed E-state index contributed by atoms with van der Waals surface area (Å²) in [4.78, 5) is 6.33. The molecule has 0 aliphatic heterocycles. The van der Waals surface area contributed by atoms with Crippen LogP contribution < -0.4 is 9.97 Å². The minimum absolute atomic E-state index is 1.23. The molecule has 0 saturated heterocycles. The number of hydrogen-bond donors (Lipinski definition) is 0. The lowest BCUT2D eigenvalue weighted by molar-refractivity contribution is -0.338. The standard InChI is InChI=1S/2C8H7NS.H2O4S/c2*1-6-2-3-7-8(4-6)10-5-9-7;1-5(2,3)4/h2*2-5H,1H3;(H2,1,2,3,4). The van der Waals surface area contributed by atoms with Gasteiger partial charge in [0.2, 0.25) is 22.1 Å². The molecule has 2 heterocycles. The predicted molar refractivity (Wildman–Crippen MR) is 96.7 cm³/mol. The molecule has 4 aromatic rings. The van der Waals surface area contributed by atoms with Gasteiger partial charge in [-0.25, -0.2) is 9.97 Å². The number of benzene rings is 2. The molecule has 4 rings (SSSR count). The smallest absolute Gasteiger partial charge is 0.224 e. The van der Waals surface area contributed by atoms with E-state index >= 15 is 0 Å². The largest absolute Gasteiger partial charge is 0.759 e. The lowest BCUT2D eigenvalue weighted by atomic mass is 10.2. The molecule has 2 aromatic heterocycles. The van der Waals surface area contributed by atoms with E-state index in [1.165, 1.54) is 31.6 Å². The second kappa shape index (κ2) is 8.45. The van der Waals surface area contributed by atoms with Crippen LogP contribution in [0.5, 0.6) is 0 Å². The van der Waals surface area contributed by atoms with E-state index in [4.69, 9.17) is 17.5 Å². The van der Waals surface area contributed by atoms with Crippen molar-refractivity contribution in [3.63, 3.8) is 0 Å². The van der Waals surface area contributed by atoms with Gasteiger partial charge in [0.15, 0.2) is 0 Å². The molecular weight excluding hydrogens is 380 g/mol. The summed E-state index contributed by atoms with van der Waals surface area (Å²) in [6, 6.07) is 12.8. The predicted octanol–water partition coefficient (Wildman–Crippen LogP) is 2.71. The number of aromatic nitrogens is 2. The van der Waals surface area contributed by atoms with Gasteiger partial charge in [-0.15, -0.1) is 0 Å². The van der Waals surface area contributed by atoms with E-state index in [-0.39, 0.29) is 0 Å². The minimum atomic E-state index is -5.17. The van der Waals surface area contributed by atoms with Crippen molar-refractivity contribution in [1.29, 1.82) is 0 Å². The molecule has 0 unspecified atom stereocenters. The van der Waals surface area contributed by atoms with Crippen LogP contribution in [0.25, 0.3) is 20.4 Å². The van der Waals surface area contributed by atoms with Gasteiger partial charge in [-0.1, -0.05) is 34.8 Å². The van der Waals surface area contributed by atoms with Gasteiger partial charge < -0.3 is 9.11 Å². The molecule has 0 aliphatic carbocycles. The normalized spacial score (nSPS) is 10.7. The van der Waals surface area contributed by atoms with Crippen LogP contribution in [0.3, 0.4) is 0 Å². The summed E-state index contributed by atoms with van der Waals surface area (Å²) in [6.07, 6.45) is 0. The topological polar surface area (TPSA) is 109 Å². The first-order valence-corrected chi connectivity index (χ1v) is 10.2. The number of aromatic amines is 2. The zero-order valence-corrected chi connectivity index (χ0v) is 15.9. The fourth-order valence-electron chi connectivity index (χ4n) is 2.01. The van der Waals surface area contributed by atoms with Crippen molar-refractivity contribution in [1.82, 2.24) is 0 Å². The lowest BCUT2D eigenvalue weighted by Crippen LogP contribution is -1.92. The molecule has 132 valence electrons. The van der Waals surface area contributed by atoms with Crippen molar-refractivity contribution < 1.29 is 27.5 Å². The summed E-state index contributed by atoms with van der Waals surface area (Å²) in [6.45, 7) is 4.22. The van der Waals surface area contributed by atoms with Crippen molar-refractivity contribution in [3.8, 4) is 0 Å². The SMILES string of the molecule is Cc1ccc2[nH+]csc2c1.Cc1ccc2[nH+]csc2c1.O=S(=O)([O-])[O-]. The van der Waals surface area contributed by atoms with Crippen LogP contribution in [-0.2, 0) is 10.4 Å². The third kappa shape index (κ3) is 6.85. The van der Waals surface area contributed by atoms with Gasteiger partial charge in [-0.05, 0) is 37.1 Å². The maximum Gasteiger partial charge on any atom is 0.224 e. The molecule has 25 heavy (non-hydrogen) atoms. The highest BCUT2D eigenvalue weighted by atomic mass is 32.3. The quantitative estimate of drug-likeness (QED) is 0.336. The van der Waals surface area contributed by atoms with Crippen molar-refractivity contribution in [2.24, 2.45) is 0 Å². The van der Waals surface area contributed by atoms with Gasteiger partial charge >= 0.3 is 0 Å². The zero-order chi connectivity index (χ0) is 18.4. The second-order valence-corrected chi connectivity index (χ2v) is 7.81. The van der Waals surface area contributed by atoms with E-state index in [0.29, 0.717) is 0 Å². The molecule has 0 aliphatic rings. The first-order valence-electron chi connectivity index (χ1n) is 7.10. The summed E-state index contributed by atoms with van der Waals surface area (Å²) in [7, 11) is -5.17. The molecular formula is C16H16N2O4S3. The van der Waals surface area contributed by atoms with Crippen LogP contribution in [0.2, 0.25) is 0 Å². The molecule has 0 radical (unpaired) electrons. The van der Waals surface area contributed by atoms with Crippen LogP contribution in [0.15, 0.2) is 47.4 Å². The monoisotopic (exact) mass is 396 g/mol. The second-order valence-electron chi connectivity index (χ2n) is 5.17. The Labute approximate surface area is 153 Å². The first kappa shape index (κ1) is 19.4. The Kier molecular flexibility index (Phi) is 6.57. The first-order chi connectivity index (χ1) is 11.7. The number of thiazole rings is 2. The van der Waals surface area contributed by atoms with Gasteiger partial charge in [0.25, 0.3) is 0 Å².